The van der Waals surface area contributed by atoms with Gasteiger partial charge < -0.3 is 4.74 Å². The summed E-state index contributed by atoms with van der Waals surface area (Å²) >= 11 is 6.11. The Hall–Kier alpha value is -1.40. The molecule has 3 rings (SSSR count). The molecule has 0 bridgehead atoms. The highest BCUT2D eigenvalue weighted by Crippen LogP contribution is 2.28. The molecule has 4 nitrogen and oxygen atoms in total. The minimum absolute atomic E-state index is 0.0992. The maximum absolute atomic E-state index is 12.8. The molecule has 0 N–H and O–H groups in total. The van der Waals surface area contributed by atoms with E-state index in [1.54, 1.807) is 6.07 Å². The minimum Gasteiger partial charge on any atom is -0.371 e. The molecule has 0 aliphatic carbocycles. The van der Waals surface area contributed by atoms with Crippen LogP contribution in [0, 0.1) is 20.8 Å². The third-order valence-electron chi connectivity index (χ3n) is 4.66. The number of aryl methyl sites for hydroxylation is 3. The van der Waals surface area contributed by atoms with Crippen LogP contribution in [0.15, 0.2) is 41.3 Å². The quantitative estimate of drug-likeness (QED) is 0.792. The largest absolute Gasteiger partial charge is 0.371 e. The maximum Gasteiger partial charge on any atom is 0.243 e. The van der Waals surface area contributed by atoms with Gasteiger partial charge in [0.15, 0.2) is 0 Å². The number of sulfonamides is 1. The lowest BCUT2D eigenvalue weighted by atomic mass is 10.1. The van der Waals surface area contributed by atoms with E-state index in [1.165, 1.54) is 4.31 Å². The first-order chi connectivity index (χ1) is 11.8. The minimum atomic E-state index is -3.47. The van der Waals surface area contributed by atoms with Crippen molar-refractivity contribution in [3.05, 3.63) is 63.7 Å². The van der Waals surface area contributed by atoms with Crippen LogP contribution in [-0.2, 0) is 21.4 Å². The van der Waals surface area contributed by atoms with E-state index in [-0.39, 0.29) is 6.10 Å². The smallest absolute Gasteiger partial charge is 0.243 e. The molecule has 1 fully saturated rings. The lowest BCUT2D eigenvalue weighted by molar-refractivity contribution is -0.0295. The van der Waals surface area contributed by atoms with Gasteiger partial charge in [0.05, 0.1) is 17.6 Å². The first-order valence-corrected chi connectivity index (χ1v) is 10.0. The molecule has 0 saturated carbocycles. The lowest BCUT2D eigenvalue weighted by Gasteiger charge is -2.38. The molecule has 1 aliphatic heterocycles. The standard InChI is InChI=1S/C19H22ClNO3S/c1-13-8-15(3)19(9-14(13)2)25(22,23)21-10-17(11-21)24-12-16-6-4-5-7-18(16)20/h4-9,17H,10-12H2,1-3H3. The average molecular weight is 380 g/mol. The predicted molar refractivity (Wildman–Crippen MR) is 99.4 cm³/mol. The number of hydrogen-bond acceptors (Lipinski definition) is 3. The van der Waals surface area contributed by atoms with E-state index in [9.17, 15) is 8.42 Å². The van der Waals surface area contributed by atoms with Gasteiger partial charge in [0.1, 0.15) is 0 Å². The summed E-state index contributed by atoms with van der Waals surface area (Å²) in [4.78, 5) is 0.389. The van der Waals surface area contributed by atoms with Crippen molar-refractivity contribution in [1.82, 2.24) is 4.31 Å². The molecule has 134 valence electrons. The first kappa shape index (κ1) is 18.4. The van der Waals surface area contributed by atoms with E-state index in [0.717, 1.165) is 22.3 Å². The van der Waals surface area contributed by atoms with Gasteiger partial charge in [-0.1, -0.05) is 35.9 Å². The fourth-order valence-corrected chi connectivity index (χ4v) is 4.86. The summed E-state index contributed by atoms with van der Waals surface area (Å²) in [5.74, 6) is 0. The molecular weight excluding hydrogens is 358 g/mol. The van der Waals surface area contributed by atoms with Gasteiger partial charge in [-0.15, -0.1) is 0 Å². The van der Waals surface area contributed by atoms with Crippen molar-refractivity contribution in [1.29, 1.82) is 0 Å². The van der Waals surface area contributed by atoms with Crippen LogP contribution in [0.4, 0.5) is 0 Å². The van der Waals surface area contributed by atoms with Gasteiger partial charge in [-0.25, -0.2) is 8.42 Å². The molecule has 0 aromatic heterocycles. The van der Waals surface area contributed by atoms with E-state index in [4.69, 9.17) is 16.3 Å². The fraction of sp³-hybridized carbons (Fsp3) is 0.368. The van der Waals surface area contributed by atoms with Crippen molar-refractivity contribution in [2.75, 3.05) is 13.1 Å². The first-order valence-electron chi connectivity index (χ1n) is 8.22. The summed E-state index contributed by atoms with van der Waals surface area (Å²) in [5, 5.41) is 0.664. The summed E-state index contributed by atoms with van der Waals surface area (Å²) in [7, 11) is -3.47. The summed E-state index contributed by atoms with van der Waals surface area (Å²) in [6, 6.07) is 11.2. The second-order valence-corrected chi connectivity index (χ2v) is 8.86. The summed E-state index contributed by atoms with van der Waals surface area (Å²) in [5.41, 5.74) is 3.77. The lowest BCUT2D eigenvalue weighted by Crippen LogP contribution is -2.54. The molecule has 0 radical (unpaired) electrons. The Kier molecular flexibility index (Phi) is 5.21. The van der Waals surface area contributed by atoms with Crippen LogP contribution < -0.4 is 0 Å². The van der Waals surface area contributed by atoms with Crippen molar-refractivity contribution in [3.8, 4) is 0 Å². The number of nitrogens with zero attached hydrogens (tertiary/aromatic N) is 1. The Morgan fingerprint density at radius 1 is 1.08 bits per heavy atom. The highest BCUT2D eigenvalue weighted by molar-refractivity contribution is 7.89. The van der Waals surface area contributed by atoms with Crippen molar-refractivity contribution >= 4 is 21.6 Å². The molecule has 25 heavy (non-hydrogen) atoms. The Labute approximate surface area is 154 Å². The van der Waals surface area contributed by atoms with Gasteiger partial charge in [-0.3, -0.25) is 0 Å². The van der Waals surface area contributed by atoms with Gasteiger partial charge >= 0.3 is 0 Å². The molecule has 0 atom stereocenters. The van der Waals surface area contributed by atoms with Crippen LogP contribution in [-0.4, -0.2) is 31.9 Å². The van der Waals surface area contributed by atoms with Gasteiger partial charge in [0.2, 0.25) is 10.0 Å². The zero-order valence-corrected chi connectivity index (χ0v) is 16.2. The van der Waals surface area contributed by atoms with E-state index in [2.05, 4.69) is 0 Å². The average Bonchev–Trinajstić information content (AvgIpc) is 2.50. The highest BCUT2D eigenvalue weighted by Gasteiger charge is 2.38. The molecule has 0 spiro atoms. The maximum atomic E-state index is 12.8. The molecule has 6 heteroatoms. The third-order valence-corrected chi connectivity index (χ3v) is 7.00. The Morgan fingerprint density at radius 3 is 2.40 bits per heavy atom. The van der Waals surface area contributed by atoms with Gasteiger partial charge in [-0.05, 0) is 55.2 Å². The zero-order chi connectivity index (χ0) is 18.2. The van der Waals surface area contributed by atoms with Crippen LogP contribution >= 0.6 is 11.6 Å². The third kappa shape index (κ3) is 3.75. The number of halogens is 1. The van der Waals surface area contributed by atoms with Crippen LogP contribution in [0.2, 0.25) is 5.02 Å². The van der Waals surface area contributed by atoms with Gasteiger partial charge in [0.25, 0.3) is 0 Å². The van der Waals surface area contributed by atoms with Crippen LogP contribution in [0.1, 0.15) is 22.3 Å². The normalized spacial score (nSPS) is 16.0. The van der Waals surface area contributed by atoms with Crippen molar-refractivity contribution in [2.45, 2.75) is 38.4 Å². The highest BCUT2D eigenvalue weighted by atomic mass is 35.5. The van der Waals surface area contributed by atoms with Crippen LogP contribution in [0.5, 0.6) is 0 Å². The second-order valence-electron chi connectivity index (χ2n) is 6.55. The fourth-order valence-electron chi connectivity index (χ4n) is 2.88. The predicted octanol–water partition coefficient (Wildman–Crippen LogP) is 3.85. The molecular formula is C19H22ClNO3S. The summed E-state index contributed by atoms with van der Waals surface area (Å²) in [6.07, 6.45) is -0.0992. The Balaban J connectivity index is 1.64. The molecule has 1 aliphatic rings. The van der Waals surface area contributed by atoms with Crippen LogP contribution in [0.25, 0.3) is 0 Å². The number of hydrogen-bond donors (Lipinski definition) is 0. The summed E-state index contributed by atoms with van der Waals surface area (Å²) < 4.78 is 32.9. The van der Waals surface area contributed by atoms with Crippen molar-refractivity contribution in [2.24, 2.45) is 0 Å². The van der Waals surface area contributed by atoms with Crippen LogP contribution in [0.3, 0.4) is 0 Å². The summed E-state index contributed by atoms with van der Waals surface area (Å²) in [6.45, 7) is 6.89. The molecule has 2 aromatic carbocycles. The van der Waals surface area contributed by atoms with Gasteiger partial charge in [0, 0.05) is 18.1 Å². The molecule has 1 saturated heterocycles. The molecule has 2 aromatic rings. The molecule has 0 amide bonds. The number of rotatable bonds is 5. The second kappa shape index (κ2) is 7.08. The van der Waals surface area contributed by atoms with Crippen molar-refractivity contribution < 1.29 is 13.2 Å². The number of benzene rings is 2. The molecule has 0 unspecified atom stereocenters. The van der Waals surface area contributed by atoms with E-state index in [1.807, 2.05) is 51.1 Å². The topological polar surface area (TPSA) is 46.6 Å². The Morgan fingerprint density at radius 2 is 1.72 bits per heavy atom. The zero-order valence-electron chi connectivity index (χ0n) is 14.6. The van der Waals surface area contributed by atoms with Crippen molar-refractivity contribution in [3.63, 3.8) is 0 Å². The monoisotopic (exact) mass is 379 g/mol. The van der Waals surface area contributed by atoms with E-state index >= 15 is 0 Å². The van der Waals surface area contributed by atoms with E-state index < -0.39 is 10.0 Å². The number of ether oxygens (including phenoxy) is 1. The SMILES string of the molecule is Cc1cc(C)c(S(=O)(=O)N2CC(OCc3ccccc3Cl)C2)cc1C. The van der Waals surface area contributed by atoms with E-state index in [0.29, 0.717) is 29.6 Å². The van der Waals surface area contributed by atoms with Gasteiger partial charge in [-0.2, -0.15) is 4.31 Å². The molecule has 1 heterocycles. The Bertz CT molecular complexity index is 890.